The van der Waals surface area contributed by atoms with E-state index in [1.807, 2.05) is 13.0 Å². The molecule has 0 saturated heterocycles. The maximum Gasteiger partial charge on any atom is 0.230 e. The van der Waals surface area contributed by atoms with Gasteiger partial charge in [-0.25, -0.2) is 0 Å². The Hall–Kier alpha value is -1.59. The van der Waals surface area contributed by atoms with E-state index < -0.39 is 0 Å². The number of benzene rings is 1. The Bertz CT molecular complexity index is 587. The summed E-state index contributed by atoms with van der Waals surface area (Å²) < 4.78 is 5.23. The zero-order valence-electron chi connectivity index (χ0n) is 10.9. The lowest BCUT2D eigenvalue weighted by molar-refractivity contribution is -0.119. The lowest BCUT2D eigenvalue weighted by Crippen LogP contribution is -2.27. The summed E-state index contributed by atoms with van der Waals surface area (Å²) in [6.07, 6.45) is 1.58. The number of hydrogen-bond acceptors (Lipinski definition) is 4. The van der Waals surface area contributed by atoms with Gasteiger partial charge in [0, 0.05) is 15.6 Å². The van der Waals surface area contributed by atoms with Gasteiger partial charge in [0.05, 0.1) is 18.1 Å². The van der Waals surface area contributed by atoms with Gasteiger partial charge >= 0.3 is 0 Å². The molecular formula is C14H15ClN2O2S. The maximum absolute atomic E-state index is 11.9. The number of nitrogens with one attached hydrogen (secondary N) is 1. The number of hydrogen-bond donors (Lipinski definition) is 2. The minimum atomic E-state index is -0.158. The van der Waals surface area contributed by atoms with Crippen LogP contribution in [0, 0.1) is 0 Å². The second kappa shape index (κ2) is 6.72. The van der Waals surface area contributed by atoms with E-state index in [0.29, 0.717) is 10.7 Å². The average molecular weight is 311 g/mol. The number of carbonyl (C=O) groups is 1. The molecule has 0 spiro atoms. The Morgan fingerprint density at radius 1 is 1.50 bits per heavy atom. The Morgan fingerprint density at radius 3 is 3.00 bits per heavy atom. The first-order chi connectivity index (χ1) is 9.56. The van der Waals surface area contributed by atoms with Crippen LogP contribution < -0.4 is 11.1 Å². The first kappa shape index (κ1) is 14.8. The zero-order chi connectivity index (χ0) is 14.5. The van der Waals surface area contributed by atoms with Crippen LogP contribution in [0.1, 0.15) is 18.7 Å². The van der Waals surface area contributed by atoms with Crippen molar-refractivity contribution < 1.29 is 9.21 Å². The third-order valence-corrected chi connectivity index (χ3v) is 3.99. The van der Waals surface area contributed by atoms with E-state index in [0.717, 1.165) is 10.7 Å². The highest BCUT2D eigenvalue weighted by molar-refractivity contribution is 8.00. The van der Waals surface area contributed by atoms with Crippen molar-refractivity contribution in [1.82, 2.24) is 5.32 Å². The molecule has 1 amide bonds. The Kier molecular flexibility index (Phi) is 4.98. The van der Waals surface area contributed by atoms with E-state index in [9.17, 15) is 4.79 Å². The van der Waals surface area contributed by atoms with Crippen molar-refractivity contribution in [2.24, 2.45) is 0 Å². The lowest BCUT2D eigenvalue weighted by Gasteiger charge is -2.11. The van der Waals surface area contributed by atoms with Gasteiger partial charge in [-0.2, -0.15) is 0 Å². The quantitative estimate of drug-likeness (QED) is 0.655. The summed E-state index contributed by atoms with van der Waals surface area (Å²) in [5, 5.41) is 3.46. The van der Waals surface area contributed by atoms with E-state index in [-0.39, 0.29) is 17.7 Å². The van der Waals surface area contributed by atoms with Crippen LogP contribution in [0.25, 0.3) is 0 Å². The third kappa shape index (κ3) is 3.95. The Labute approximate surface area is 126 Å². The molecule has 0 saturated carbocycles. The predicted molar refractivity (Wildman–Crippen MR) is 81.9 cm³/mol. The number of amides is 1. The number of nitrogens with two attached hydrogens (primary N) is 1. The number of nitrogen functional groups attached to an aromatic ring is 1. The van der Waals surface area contributed by atoms with E-state index in [1.54, 1.807) is 30.5 Å². The van der Waals surface area contributed by atoms with Crippen LogP contribution >= 0.6 is 23.4 Å². The summed E-state index contributed by atoms with van der Waals surface area (Å²) in [4.78, 5) is 12.7. The topological polar surface area (TPSA) is 68.3 Å². The molecule has 0 radical (unpaired) electrons. The molecule has 0 aliphatic rings. The first-order valence-corrected chi connectivity index (χ1v) is 7.43. The van der Waals surface area contributed by atoms with Gasteiger partial charge in [-0.15, -0.1) is 11.8 Å². The van der Waals surface area contributed by atoms with Crippen molar-refractivity contribution in [1.29, 1.82) is 0 Å². The van der Waals surface area contributed by atoms with E-state index in [2.05, 4.69) is 5.32 Å². The Morgan fingerprint density at radius 2 is 2.30 bits per heavy atom. The molecule has 3 N–H and O–H groups in total. The number of carbonyl (C=O) groups excluding carboxylic acids is 1. The summed E-state index contributed by atoms with van der Waals surface area (Å²) in [5.41, 5.74) is 6.44. The monoisotopic (exact) mass is 310 g/mol. The standard InChI is InChI=1S/C14H15ClN2O2S/c1-9(12-3-2-6-19-12)17-14(18)8-20-13-7-10(15)4-5-11(13)16/h2-7,9H,8,16H2,1H3,(H,17,18). The van der Waals surface area contributed by atoms with Gasteiger partial charge in [0.15, 0.2) is 0 Å². The molecule has 0 fully saturated rings. The van der Waals surface area contributed by atoms with Crippen LogP contribution in [0.3, 0.4) is 0 Å². The van der Waals surface area contributed by atoms with Gasteiger partial charge in [-0.1, -0.05) is 11.6 Å². The van der Waals surface area contributed by atoms with Gasteiger partial charge in [-0.05, 0) is 37.3 Å². The molecule has 1 atom stereocenters. The van der Waals surface area contributed by atoms with Gasteiger partial charge in [0.25, 0.3) is 0 Å². The molecule has 2 aromatic rings. The molecule has 0 aliphatic heterocycles. The molecular weight excluding hydrogens is 296 g/mol. The molecule has 1 unspecified atom stereocenters. The fourth-order valence-corrected chi connectivity index (χ4v) is 2.72. The van der Waals surface area contributed by atoms with Crippen molar-refractivity contribution in [3.8, 4) is 0 Å². The highest BCUT2D eigenvalue weighted by Gasteiger charge is 2.12. The summed E-state index contributed by atoms with van der Waals surface area (Å²) in [5.74, 6) is 0.916. The summed E-state index contributed by atoms with van der Waals surface area (Å²) in [7, 11) is 0. The highest BCUT2D eigenvalue weighted by atomic mass is 35.5. The summed E-state index contributed by atoms with van der Waals surface area (Å²) in [6, 6.07) is 8.67. The van der Waals surface area contributed by atoms with E-state index >= 15 is 0 Å². The lowest BCUT2D eigenvalue weighted by atomic mass is 10.2. The van der Waals surface area contributed by atoms with Crippen LogP contribution in [0.4, 0.5) is 5.69 Å². The number of rotatable bonds is 5. The molecule has 20 heavy (non-hydrogen) atoms. The molecule has 1 aromatic carbocycles. The summed E-state index contributed by atoms with van der Waals surface area (Å²) in [6.45, 7) is 1.87. The molecule has 0 bridgehead atoms. The molecule has 106 valence electrons. The number of furan rings is 1. The predicted octanol–water partition coefficient (Wildman–Crippen LogP) is 3.48. The number of anilines is 1. The number of thioether (sulfide) groups is 1. The largest absolute Gasteiger partial charge is 0.467 e. The van der Waals surface area contributed by atoms with Crippen LogP contribution in [0.5, 0.6) is 0 Å². The summed E-state index contributed by atoms with van der Waals surface area (Å²) >= 11 is 7.26. The van der Waals surface area contributed by atoms with Crippen molar-refractivity contribution >= 4 is 35.0 Å². The van der Waals surface area contributed by atoms with Gasteiger partial charge in [-0.3, -0.25) is 4.79 Å². The fraction of sp³-hybridized carbons (Fsp3) is 0.214. The number of halogens is 1. The molecule has 1 aromatic heterocycles. The van der Waals surface area contributed by atoms with Gasteiger partial charge in [0.2, 0.25) is 5.91 Å². The smallest absolute Gasteiger partial charge is 0.230 e. The van der Waals surface area contributed by atoms with Crippen LogP contribution in [-0.2, 0) is 4.79 Å². The van der Waals surface area contributed by atoms with Crippen LogP contribution in [-0.4, -0.2) is 11.7 Å². The highest BCUT2D eigenvalue weighted by Crippen LogP contribution is 2.28. The average Bonchev–Trinajstić information content (AvgIpc) is 2.94. The minimum Gasteiger partial charge on any atom is -0.467 e. The van der Waals surface area contributed by atoms with Crippen LogP contribution in [0.2, 0.25) is 5.02 Å². The minimum absolute atomic E-state index is 0.0849. The second-order valence-electron chi connectivity index (χ2n) is 4.28. The van der Waals surface area contributed by atoms with Crippen molar-refractivity contribution in [3.63, 3.8) is 0 Å². The SMILES string of the molecule is CC(NC(=O)CSc1cc(Cl)ccc1N)c1ccco1. The molecule has 0 aliphatic carbocycles. The van der Waals surface area contributed by atoms with Crippen molar-refractivity contribution in [2.75, 3.05) is 11.5 Å². The fourth-order valence-electron chi connectivity index (χ4n) is 1.67. The van der Waals surface area contributed by atoms with E-state index in [1.165, 1.54) is 11.8 Å². The van der Waals surface area contributed by atoms with E-state index in [4.69, 9.17) is 21.8 Å². The van der Waals surface area contributed by atoms with Gasteiger partial charge < -0.3 is 15.5 Å². The van der Waals surface area contributed by atoms with Crippen molar-refractivity contribution in [3.05, 3.63) is 47.4 Å². The zero-order valence-corrected chi connectivity index (χ0v) is 12.5. The first-order valence-electron chi connectivity index (χ1n) is 6.07. The van der Waals surface area contributed by atoms with Crippen molar-refractivity contribution in [2.45, 2.75) is 17.9 Å². The molecule has 2 rings (SSSR count). The van der Waals surface area contributed by atoms with Gasteiger partial charge in [0.1, 0.15) is 5.76 Å². The van der Waals surface area contributed by atoms with Crippen LogP contribution in [0.15, 0.2) is 45.9 Å². The normalized spacial score (nSPS) is 12.1. The Balaban J connectivity index is 1.87. The maximum atomic E-state index is 11.9. The molecule has 4 nitrogen and oxygen atoms in total. The molecule has 1 heterocycles. The second-order valence-corrected chi connectivity index (χ2v) is 5.73. The third-order valence-electron chi connectivity index (χ3n) is 2.68. The molecule has 6 heteroatoms.